The van der Waals surface area contributed by atoms with Crippen LogP contribution in [-0.2, 0) is 10.0 Å². The Balaban J connectivity index is 2.63. The van der Waals surface area contributed by atoms with Gasteiger partial charge in [0.15, 0.2) is 0 Å². The zero-order valence-electron chi connectivity index (χ0n) is 12.2. The number of hydrogen-bond donors (Lipinski definition) is 1. The Morgan fingerprint density at radius 1 is 1.35 bits per heavy atom. The van der Waals surface area contributed by atoms with Crippen LogP contribution in [0.1, 0.15) is 37.4 Å². The molecule has 0 aromatic heterocycles. The summed E-state index contributed by atoms with van der Waals surface area (Å²) < 4.78 is 32.5. The van der Waals surface area contributed by atoms with E-state index in [0.29, 0.717) is 31.9 Å². The molecule has 1 aliphatic rings. The Morgan fingerprint density at radius 2 is 2.00 bits per heavy atom. The molecule has 0 spiro atoms. The normalized spacial score (nSPS) is 18.8. The van der Waals surface area contributed by atoms with Crippen molar-refractivity contribution in [2.45, 2.75) is 38.1 Å². The van der Waals surface area contributed by atoms with E-state index in [1.54, 1.807) is 6.07 Å². The summed E-state index contributed by atoms with van der Waals surface area (Å²) in [6.45, 7) is 6.87. The Hall–Kier alpha value is -1.11. The van der Waals surface area contributed by atoms with Crippen LogP contribution in [0.2, 0.25) is 0 Å². The van der Waals surface area contributed by atoms with Gasteiger partial charge in [-0.05, 0) is 18.6 Å². The molecule has 0 aliphatic carbocycles. The number of fused-ring (bicyclic) bond motifs is 1. The molecule has 6 heteroatoms. The van der Waals surface area contributed by atoms with Crippen LogP contribution in [0.15, 0.2) is 17.0 Å². The van der Waals surface area contributed by atoms with E-state index in [-0.39, 0.29) is 10.9 Å². The van der Waals surface area contributed by atoms with Gasteiger partial charge < -0.3 is 10.5 Å². The van der Waals surface area contributed by atoms with Crippen molar-refractivity contribution in [3.8, 4) is 5.75 Å². The van der Waals surface area contributed by atoms with Gasteiger partial charge in [-0.25, -0.2) is 8.42 Å². The molecule has 0 fully saturated rings. The summed E-state index contributed by atoms with van der Waals surface area (Å²) in [5.74, 6) is 0.432. The van der Waals surface area contributed by atoms with Gasteiger partial charge in [-0.15, -0.1) is 0 Å². The molecule has 0 saturated carbocycles. The first-order valence-electron chi connectivity index (χ1n) is 6.94. The van der Waals surface area contributed by atoms with E-state index in [2.05, 4.69) is 0 Å². The Morgan fingerprint density at radius 3 is 2.60 bits per heavy atom. The fourth-order valence-corrected chi connectivity index (χ4v) is 4.24. The van der Waals surface area contributed by atoms with Gasteiger partial charge in [0.1, 0.15) is 10.6 Å². The highest BCUT2D eigenvalue weighted by molar-refractivity contribution is 7.89. The predicted octanol–water partition coefficient (Wildman–Crippen LogP) is 1.81. The maximum Gasteiger partial charge on any atom is 0.246 e. The average molecular weight is 298 g/mol. The second kappa shape index (κ2) is 5.71. The molecule has 1 aromatic rings. The zero-order chi connectivity index (χ0) is 14.9. The van der Waals surface area contributed by atoms with Crippen molar-refractivity contribution in [2.24, 2.45) is 5.73 Å². The van der Waals surface area contributed by atoms with Crippen molar-refractivity contribution in [3.05, 3.63) is 23.3 Å². The SMILES string of the molecule is CCN(CC)S(=O)(=O)c1cc(C)cc2c1OCCC2N. The fourth-order valence-electron chi connectivity index (χ4n) is 2.53. The van der Waals surface area contributed by atoms with Crippen LogP contribution in [0.4, 0.5) is 0 Å². The Kier molecular flexibility index (Phi) is 4.36. The smallest absolute Gasteiger partial charge is 0.246 e. The third-order valence-electron chi connectivity index (χ3n) is 3.63. The van der Waals surface area contributed by atoms with E-state index < -0.39 is 10.0 Å². The summed E-state index contributed by atoms with van der Waals surface area (Å²) in [5.41, 5.74) is 7.76. The molecule has 1 aliphatic heterocycles. The minimum absolute atomic E-state index is 0.163. The lowest BCUT2D eigenvalue weighted by Crippen LogP contribution is -2.32. The summed E-state index contributed by atoms with van der Waals surface area (Å²) in [7, 11) is -3.54. The Bertz CT molecular complexity index is 595. The molecular formula is C14H22N2O3S. The second-order valence-electron chi connectivity index (χ2n) is 5.01. The van der Waals surface area contributed by atoms with Crippen molar-refractivity contribution >= 4 is 10.0 Å². The highest BCUT2D eigenvalue weighted by Gasteiger charge is 2.30. The maximum atomic E-state index is 12.7. The van der Waals surface area contributed by atoms with Crippen molar-refractivity contribution in [2.75, 3.05) is 19.7 Å². The van der Waals surface area contributed by atoms with Crippen LogP contribution >= 0.6 is 0 Å². The number of benzene rings is 1. The fraction of sp³-hybridized carbons (Fsp3) is 0.571. The van der Waals surface area contributed by atoms with E-state index in [1.165, 1.54) is 4.31 Å². The van der Waals surface area contributed by atoms with Crippen LogP contribution in [-0.4, -0.2) is 32.4 Å². The number of hydrogen-bond acceptors (Lipinski definition) is 4. The number of sulfonamides is 1. The second-order valence-corrected chi connectivity index (χ2v) is 6.92. The topological polar surface area (TPSA) is 72.6 Å². The van der Waals surface area contributed by atoms with Gasteiger partial charge in [0.05, 0.1) is 6.61 Å². The molecule has 1 aromatic carbocycles. The van der Waals surface area contributed by atoms with Crippen molar-refractivity contribution in [3.63, 3.8) is 0 Å². The minimum Gasteiger partial charge on any atom is -0.492 e. The quantitative estimate of drug-likeness (QED) is 0.920. The van der Waals surface area contributed by atoms with Crippen LogP contribution in [0.5, 0.6) is 5.75 Å². The molecule has 112 valence electrons. The highest BCUT2D eigenvalue weighted by atomic mass is 32.2. The number of ether oxygens (including phenoxy) is 1. The maximum absolute atomic E-state index is 12.7. The monoisotopic (exact) mass is 298 g/mol. The van der Waals surface area contributed by atoms with Gasteiger partial charge in [0, 0.05) is 31.1 Å². The molecule has 1 unspecified atom stereocenters. The summed E-state index contributed by atoms with van der Waals surface area (Å²) in [6.07, 6.45) is 0.710. The minimum atomic E-state index is -3.54. The Labute approximate surface area is 120 Å². The standard InChI is InChI=1S/C14H22N2O3S/c1-4-16(5-2)20(17,18)13-9-10(3)8-11-12(15)6-7-19-14(11)13/h8-9,12H,4-7,15H2,1-3H3. The van der Waals surface area contributed by atoms with Crippen molar-refractivity contribution in [1.82, 2.24) is 4.31 Å². The number of rotatable bonds is 4. The average Bonchev–Trinajstić information content (AvgIpc) is 2.40. The van der Waals surface area contributed by atoms with Gasteiger partial charge >= 0.3 is 0 Å². The van der Waals surface area contributed by atoms with Gasteiger partial charge in [-0.2, -0.15) is 4.31 Å². The van der Waals surface area contributed by atoms with E-state index in [9.17, 15) is 8.42 Å². The predicted molar refractivity (Wildman–Crippen MR) is 78.3 cm³/mol. The highest BCUT2D eigenvalue weighted by Crippen LogP contribution is 2.38. The summed E-state index contributed by atoms with van der Waals surface area (Å²) in [6, 6.07) is 3.43. The largest absolute Gasteiger partial charge is 0.492 e. The van der Waals surface area contributed by atoms with Gasteiger partial charge in [0.2, 0.25) is 10.0 Å². The van der Waals surface area contributed by atoms with Crippen LogP contribution in [0.3, 0.4) is 0 Å². The first-order chi connectivity index (χ1) is 9.41. The third kappa shape index (κ3) is 2.55. The lowest BCUT2D eigenvalue weighted by atomic mass is 9.99. The van der Waals surface area contributed by atoms with E-state index in [4.69, 9.17) is 10.5 Å². The molecule has 0 saturated heterocycles. The van der Waals surface area contributed by atoms with Gasteiger partial charge in [-0.3, -0.25) is 0 Å². The van der Waals surface area contributed by atoms with Crippen molar-refractivity contribution in [1.29, 1.82) is 0 Å². The summed E-state index contributed by atoms with van der Waals surface area (Å²) in [4.78, 5) is 0.242. The molecule has 20 heavy (non-hydrogen) atoms. The van der Waals surface area contributed by atoms with Gasteiger partial charge in [-0.1, -0.05) is 19.9 Å². The van der Waals surface area contributed by atoms with E-state index in [0.717, 1.165) is 11.1 Å². The first-order valence-corrected chi connectivity index (χ1v) is 8.38. The number of nitrogens with two attached hydrogens (primary N) is 1. The molecule has 5 nitrogen and oxygen atoms in total. The molecule has 1 heterocycles. The molecule has 2 N–H and O–H groups in total. The van der Waals surface area contributed by atoms with Gasteiger partial charge in [0.25, 0.3) is 0 Å². The molecule has 2 rings (SSSR count). The summed E-state index contributed by atoms with van der Waals surface area (Å²) >= 11 is 0. The zero-order valence-corrected chi connectivity index (χ0v) is 13.0. The summed E-state index contributed by atoms with van der Waals surface area (Å²) in [5, 5.41) is 0. The lowest BCUT2D eigenvalue weighted by Gasteiger charge is -2.27. The third-order valence-corrected chi connectivity index (χ3v) is 5.68. The molecular weight excluding hydrogens is 276 g/mol. The molecule has 0 bridgehead atoms. The van der Waals surface area contributed by atoms with Crippen molar-refractivity contribution < 1.29 is 13.2 Å². The molecule has 1 atom stereocenters. The number of aryl methyl sites for hydroxylation is 1. The van der Waals surface area contributed by atoms with Crippen LogP contribution in [0, 0.1) is 6.92 Å². The number of nitrogens with zero attached hydrogens (tertiary/aromatic N) is 1. The van der Waals surface area contributed by atoms with Crippen LogP contribution in [0.25, 0.3) is 0 Å². The van der Waals surface area contributed by atoms with E-state index in [1.807, 2.05) is 26.8 Å². The lowest BCUT2D eigenvalue weighted by molar-refractivity contribution is 0.260. The first kappa shape index (κ1) is 15.3. The molecule has 0 radical (unpaired) electrons. The van der Waals surface area contributed by atoms with E-state index >= 15 is 0 Å². The molecule has 0 amide bonds. The van der Waals surface area contributed by atoms with Crippen LogP contribution < -0.4 is 10.5 Å².